The molecule has 3 rings (SSSR count). The SMILES string of the molecule is CCCCCc1ccc2cc(CCCC(C)(Oc3ncccn3)C(=O)S(=O)CCOCCOS(C)(=O)=O)ccc2c1. The van der Waals surface area contributed by atoms with Crippen molar-refractivity contribution in [3.63, 3.8) is 0 Å². The van der Waals surface area contributed by atoms with Crippen molar-refractivity contribution in [2.75, 3.05) is 31.8 Å². The topological polar surface area (TPSA) is 122 Å². The van der Waals surface area contributed by atoms with E-state index in [1.807, 2.05) is 0 Å². The van der Waals surface area contributed by atoms with Crippen molar-refractivity contribution < 1.29 is 31.1 Å². The van der Waals surface area contributed by atoms with Crippen LogP contribution in [0.5, 0.6) is 6.01 Å². The van der Waals surface area contributed by atoms with E-state index in [0.717, 1.165) is 18.2 Å². The average molecular weight is 605 g/mol. The predicted molar refractivity (Wildman–Crippen MR) is 161 cm³/mol. The largest absolute Gasteiger partial charge is 0.448 e. The maximum Gasteiger partial charge on any atom is 0.317 e. The van der Waals surface area contributed by atoms with Crippen LogP contribution in [0, 0.1) is 0 Å². The van der Waals surface area contributed by atoms with Gasteiger partial charge in [-0.25, -0.2) is 9.97 Å². The summed E-state index contributed by atoms with van der Waals surface area (Å²) in [5.74, 6) is -0.0581. The molecule has 0 amide bonds. The molecule has 0 fully saturated rings. The highest BCUT2D eigenvalue weighted by molar-refractivity contribution is 8.00. The molecule has 3 aromatic rings. The van der Waals surface area contributed by atoms with E-state index in [1.54, 1.807) is 13.0 Å². The first-order chi connectivity index (χ1) is 19.6. The molecule has 2 unspecified atom stereocenters. The normalized spacial score (nSPS) is 14.0. The Kier molecular flexibility index (Phi) is 12.8. The minimum atomic E-state index is -3.56. The Balaban J connectivity index is 1.60. The summed E-state index contributed by atoms with van der Waals surface area (Å²) in [6, 6.07) is 14.7. The number of nitrogens with zero attached hydrogens (tertiary/aromatic N) is 2. The summed E-state index contributed by atoms with van der Waals surface area (Å²) in [6.07, 6.45) is 10.4. The second-order valence-corrected chi connectivity index (χ2v) is 13.3. The number of carbonyl (C=O) groups is 1. The van der Waals surface area contributed by atoms with Gasteiger partial charge in [0.05, 0.1) is 42.6 Å². The second-order valence-electron chi connectivity index (χ2n) is 10.2. The number of unbranched alkanes of at least 4 members (excludes halogenated alkanes) is 2. The number of carbonyl (C=O) groups excluding carboxylic acids is 1. The lowest BCUT2D eigenvalue weighted by atomic mass is 9.96. The first-order valence-corrected chi connectivity index (χ1v) is 17.1. The summed E-state index contributed by atoms with van der Waals surface area (Å²) in [7, 11) is -5.46. The highest BCUT2D eigenvalue weighted by Crippen LogP contribution is 2.25. The van der Waals surface area contributed by atoms with Crippen molar-refractivity contribution in [3.05, 3.63) is 66.0 Å². The zero-order valence-electron chi connectivity index (χ0n) is 24.0. The van der Waals surface area contributed by atoms with Crippen molar-refractivity contribution in [2.45, 2.75) is 64.4 Å². The van der Waals surface area contributed by atoms with Crippen molar-refractivity contribution in [1.29, 1.82) is 0 Å². The summed E-state index contributed by atoms with van der Waals surface area (Å²) >= 11 is 0. The van der Waals surface area contributed by atoms with Gasteiger partial charge in [0.15, 0.2) is 5.60 Å². The highest BCUT2D eigenvalue weighted by atomic mass is 32.2. The Bertz CT molecular complexity index is 1400. The molecule has 0 saturated heterocycles. The fourth-order valence-electron chi connectivity index (χ4n) is 4.41. The third kappa shape index (κ3) is 11.2. The predicted octanol–water partition coefficient (Wildman–Crippen LogP) is 4.79. The van der Waals surface area contributed by atoms with E-state index in [1.165, 1.54) is 48.0 Å². The molecule has 224 valence electrons. The number of benzene rings is 2. The molecule has 0 bridgehead atoms. The van der Waals surface area contributed by atoms with Crippen LogP contribution in [0.4, 0.5) is 0 Å². The lowest BCUT2D eigenvalue weighted by Gasteiger charge is -2.27. The fourth-order valence-corrected chi connectivity index (χ4v) is 5.86. The zero-order chi connectivity index (χ0) is 29.7. The van der Waals surface area contributed by atoms with Gasteiger partial charge in [-0.2, -0.15) is 8.42 Å². The molecule has 0 N–H and O–H groups in total. The molecule has 0 aliphatic carbocycles. The van der Waals surface area contributed by atoms with Crippen LogP contribution in [0.15, 0.2) is 54.9 Å². The Labute approximate surface area is 245 Å². The van der Waals surface area contributed by atoms with Gasteiger partial charge in [-0.15, -0.1) is 0 Å². The molecule has 0 saturated carbocycles. The van der Waals surface area contributed by atoms with Gasteiger partial charge in [-0.3, -0.25) is 13.2 Å². The second kappa shape index (κ2) is 16.1. The van der Waals surface area contributed by atoms with Crippen LogP contribution in [0.25, 0.3) is 10.8 Å². The maximum absolute atomic E-state index is 13.3. The average Bonchev–Trinajstić information content (AvgIpc) is 2.94. The van der Waals surface area contributed by atoms with Crippen LogP contribution in [-0.4, -0.2) is 65.1 Å². The van der Waals surface area contributed by atoms with E-state index >= 15 is 0 Å². The van der Waals surface area contributed by atoms with Gasteiger partial charge in [-0.1, -0.05) is 56.2 Å². The summed E-state index contributed by atoms with van der Waals surface area (Å²) in [4.78, 5) is 21.5. The highest BCUT2D eigenvalue weighted by Gasteiger charge is 2.39. The van der Waals surface area contributed by atoms with Gasteiger partial charge in [-0.05, 0) is 67.0 Å². The van der Waals surface area contributed by atoms with Gasteiger partial charge in [0, 0.05) is 12.4 Å². The number of aromatic nitrogens is 2. The molecule has 0 spiro atoms. The number of rotatable bonds is 18. The molecule has 11 heteroatoms. The van der Waals surface area contributed by atoms with E-state index in [9.17, 15) is 17.4 Å². The fraction of sp³-hybridized carbons (Fsp3) is 0.500. The molecular weight excluding hydrogens is 564 g/mol. The lowest BCUT2D eigenvalue weighted by molar-refractivity contribution is -0.125. The molecule has 1 aromatic heterocycles. The molecular formula is C30H40N2O7S2. The van der Waals surface area contributed by atoms with E-state index in [0.29, 0.717) is 19.3 Å². The van der Waals surface area contributed by atoms with E-state index < -0.39 is 31.6 Å². The molecule has 41 heavy (non-hydrogen) atoms. The van der Waals surface area contributed by atoms with Gasteiger partial charge < -0.3 is 9.47 Å². The maximum atomic E-state index is 13.3. The number of hydrogen-bond donors (Lipinski definition) is 0. The summed E-state index contributed by atoms with van der Waals surface area (Å²) in [6.45, 7) is 3.67. The summed E-state index contributed by atoms with van der Waals surface area (Å²) in [5, 5.41) is 1.82. The molecule has 2 atom stereocenters. The quantitative estimate of drug-likeness (QED) is 0.149. The number of fused-ring (bicyclic) bond motifs is 1. The Morgan fingerprint density at radius 3 is 2.17 bits per heavy atom. The monoisotopic (exact) mass is 604 g/mol. The van der Waals surface area contributed by atoms with Crippen LogP contribution in [0.1, 0.15) is 57.1 Å². The molecule has 9 nitrogen and oxygen atoms in total. The summed E-state index contributed by atoms with van der Waals surface area (Å²) < 4.78 is 50.7. The first kappa shape index (κ1) is 32.8. The number of hydrogen-bond acceptors (Lipinski definition) is 9. The molecule has 0 radical (unpaired) electrons. The zero-order valence-corrected chi connectivity index (χ0v) is 25.7. The van der Waals surface area contributed by atoms with Crippen LogP contribution < -0.4 is 4.74 Å². The third-order valence-corrected chi connectivity index (χ3v) is 8.57. The van der Waals surface area contributed by atoms with Crippen LogP contribution in [0.2, 0.25) is 0 Å². The van der Waals surface area contributed by atoms with Crippen molar-refractivity contribution in [1.82, 2.24) is 9.97 Å². The van der Waals surface area contributed by atoms with Gasteiger partial charge in [0.1, 0.15) is 0 Å². The van der Waals surface area contributed by atoms with Crippen LogP contribution >= 0.6 is 0 Å². The van der Waals surface area contributed by atoms with E-state index in [2.05, 4.69) is 57.5 Å². The Morgan fingerprint density at radius 2 is 1.56 bits per heavy atom. The Hall–Kier alpha value is -2.73. The van der Waals surface area contributed by atoms with Crippen LogP contribution in [-0.2, 0) is 47.5 Å². The summed E-state index contributed by atoms with van der Waals surface area (Å²) in [5.41, 5.74) is 1.09. The van der Waals surface area contributed by atoms with Gasteiger partial charge >= 0.3 is 6.01 Å². The minimum absolute atomic E-state index is 0.000791. The molecule has 2 aromatic carbocycles. The molecule has 0 aliphatic rings. The van der Waals surface area contributed by atoms with Crippen molar-refractivity contribution in [2.24, 2.45) is 0 Å². The standard InChI is InChI=1S/C30H40N2O7S2/c1-4-5-6-9-24-11-13-27-23-25(12-14-26(27)22-24)10-7-15-30(2,39-29-31-16-8-17-32-29)28(33)40(34)21-20-37-18-19-38-41(3,35)36/h8,11-14,16-17,22-23H,4-7,9-10,15,18-21H2,1-3H3. The van der Waals surface area contributed by atoms with E-state index in [4.69, 9.17) is 9.47 Å². The molecule has 0 aliphatic heterocycles. The van der Waals surface area contributed by atoms with Gasteiger partial charge in [0.25, 0.3) is 15.2 Å². The minimum Gasteiger partial charge on any atom is -0.448 e. The van der Waals surface area contributed by atoms with Crippen LogP contribution in [0.3, 0.4) is 0 Å². The van der Waals surface area contributed by atoms with Gasteiger partial charge in [0.2, 0.25) is 0 Å². The third-order valence-electron chi connectivity index (χ3n) is 6.59. The van der Waals surface area contributed by atoms with E-state index in [-0.39, 0.29) is 31.6 Å². The van der Waals surface area contributed by atoms with Crippen molar-refractivity contribution in [3.8, 4) is 6.01 Å². The number of aryl methyl sites for hydroxylation is 2. The molecule has 1 heterocycles. The van der Waals surface area contributed by atoms with Crippen molar-refractivity contribution >= 4 is 36.8 Å². The lowest BCUT2D eigenvalue weighted by Crippen LogP contribution is -2.45. The smallest absolute Gasteiger partial charge is 0.317 e. The first-order valence-electron chi connectivity index (χ1n) is 13.9. The Morgan fingerprint density at radius 1 is 0.927 bits per heavy atom. The number of ether oxygens (including phenoxy) is 2.